The molecule has 7 nitrogen and oxygen atoms in total. The Morgan fingerprint density at radius 2 is 2.18 bits per heavy atom. The first-order chi connectivity index (χ1) is 13.4. The molecule has 3 rings (SSSR count). The number of rotatable bonds is 7. The number of benzene rings is 1. The summed E-state index contributed by atoms with van der Waals surface area (Å²) in [5, 5.41) is 9.80. The molecule has 0 amide bonds. The van der Waals surface area contributed by atoms with Gasteiger partial charge in [-0.1, -0.05) is 17.7 Å². The summed E-state index contributed by atoms with van der Waals surface area (Å²) < 4.78 is 45.2. The molecule has 1 aromatic carbocycles. The van der Waals surface area contributed by atoms with Crippen LogP contribution in [0.3, 0.4) is 0 Å². The largest absolute Gasteiger partial charge is 0.476 e. The number of ether oxygens (including phenoxy) is 3. The van der Waals surface area contributed by atoms with Gasteiger partial charge in [-0.25, -0.2) is 9.18 Å². The average Bonchev–Trinajstić information content (AvgIpc) is 3.07. The average molecular weight is 417 g/mol. The van der Waals surface area contributed by atoms with Gasteiger partial charge in [0.15, 0.2) is 0 Å². The molecule has 10 heteroatoms. The van der Waals surface area contributed by atoms with Crippen molar-refractivity contribution in [3.05, 3.63) is 57.1 Å². The van der Waals surface area contributed by atoms with Gasteiger partial charge in [-0.15, -0.1) is 0 Å². The molecule has 3 atom stereocenters. The Hall–Kier alpha value is -2.07. The monoisotopic (exact) mass is 416 g/mol. The predicted octanol–water partition coefficient (Wildman–Crippen LogP) is 2.44. The zero-order chi connectivity index (χ0) is 20.3. The smallest absolute Gasteiger partial charge is 0.353 e. The van der Waals surface area contributed by atoms with Crippen LogP contribution in [0.15, 0.2) is 29.2 Å². The predicted molar refractivity (Wildman–Crippen MR) is 95.2 cm³/mol. The van der Waals surface area contributed by atoms with Crippen molar-refractivity contribution in [3.8, 4) is 5.88 Å². The minimum absolute atomic E-state index is 0.0783. The van der Waals surface area contributed by atoms with Crippen LogP contribution in [-0.4, -0.2) is 40.1 Å². The molecule has 0 aliphatic carbocycles. The molecular formula is C18H19ClF2N2O5. The number of hydrogen-bond donors (Lipinski definition) is 1. The molecule has 152 valence electrons. The van der Waals surface area contributed by atoms with Crippen LogP contribution in [0.2, 0.25) is 5.02 Å². The summed E-state index contributed by atoms with van der Waals surface area (Å²) >= 11 is 5.72. The molecule has 2 aromatic rings. The molecule has 0 bridgehead atoms. The van der Waals surface area contributed by atoms with E-state index in [0.29, 0.717) is 0 Å². The Balaban J connectivity index is 1.73. The fraction of sp³-hybridized carbons (Fsp3) is 0.444. The van der Waals surface area contributed by atoms with E-state index in [-0.39, 0.29) is 42.7 Å². The summed E-state index contributed by atoms with van der Waals surface area (Å²) in [5.41, 5.74) is -0.466. The zero-order valence-corrected chi connectivity index (χ0v) is 15.7. The lowest BCUT2D eigenvalue weighted by Crippen LogP contribution is -2.29. The van der Waals surface area contributed by atoms with Gasteiger partial charge in [-0.3, -0.25) is 4.57 Å². The van der Waals surface area contributed by atoms with Crippen molar-refractivity contribution in [1.29, 1.82) is 0 Å². The van der Waals surface area contributed by atoms with Crippen molar-refractivity contribution in [1.82, 2.24) is 9.55 Å². The van der Waals surface area contributed by atoms with E-state index >= 15 is 0 Å². The van der Waals surface area contributed by atoms with E-state index in [4.69, 9.17) is 25.8 Å². The van der Waals surface area contributed by atoms with Gasteiger partial charge in [0.2, 0.25) is 5.82 Å². The first-order valence-corrected chi connectivity index (χ1v) is 9.04. The van der Waals surface area contributed by atoms with Crippen LogP contribution in [0.1, 0.15) is 25.1 Å². The van der Waals surface area contributed by atoms with E-state index in [1.807, 2.05) is 0 Å². The number of aromatic nitrogens is 2. The van der Waals surface area contributed by atoms with E-state index < -0.39 is 35.8 Å². The maximum atomic E-state index is 14.1. The first kappa shape index (κ1) is 20.7. The van der Waals surface area contributed by atoms with Gasteiger partial charge in [-0.05, 0) is 19.1 Å². The minimum atomic E-state index is -0.887. The van der Waals surface area contributed by atoms with E-state index in [2.05, 4.69) is 4.98 Å². The second-order valence-corrected chi connectivity index (χ2v) is 6.59. The van der Waals surface area contributed by atoms with Gasteiger partial charge < -0.3 is 19.3 Å². The molecule has 28 heavy (non-hydrogen) atoms. The minimum Gasteiger partial charge on any atom is -0.476 e. The van der Waals surface area contributed by atoms with Crippen LogP contribution in [0, 0.1) is 11.6 Å². The van der Waals surface area contributed by atoms with Crippen LogP contribution in [0.25, 0.3) is 0 Å². The second kappa shape index (κ2) is 8.95. The Labute approximate surface area is 164 Å². The van der Waals surface area contributed by atoms with Gasteiger partial charge in [0, 0.05) is 17.0 Å². The van der Waals surface area contributed by atoms with Crippen LogP contribution >= 0.6 is 11.6 Å². The van der Waals surface area contributed by atoms with Crippen molar-refractivity contribution in [2.75, 3.05) is 13.2 Å². The number of aliphatic hydroxyl groups excluding tert-OH is 1. The molecule has 1 aliphatic rings. The third-order valence-electron chi connectivity index (χ3n) is 4.29. The van der Waals surface area contributed by atoms with E-state index in [1.165, 1.54) is 18.2 Å². The highest BCUT2D eigenvalue weighted by Crippen LogP contribution is 2.31. The SMILES string of the molecule is CCOc1nc(=O)n(C2CC(OCc3ccc(Cl)cc3F)C(CO)O2)cc1F. The maximum Gasteiger partial charge on any atom is 0.353 e. The molecule has 2 heterocycles. The van der Waals surface area contributed by atoms with Gasteiger partial charge in [0.25, 0.3) is 5.88 Å². The van der Waals surface area contributed by atoms with E-state index in [9.17, 15) is 18.7 Å². The van der Waals surface area contributed by atoms with Crippen LogP contribution < -0.4 is 10.4 Å². The van der Waals surface area contributed by atoms with Gasteiger partial charge in [-0.2, -0.15) is 9.37 Å². The van der Waals surface area contributed by atoms with Gasteiger partial charge in [0.05, 0.1) is 32.1 Å². The highest BCUT2D eigenvalue weighted by Gasteiger charge is 2.37. The summed E-state index contributed by atoms with van der Waals surface area (Å²) in [5.74, 6) is -1.71. The standard InChI is InChI=1S/C18H19ClF2N2O5/c1-2-26-17-13(21)7-23(18(25)22-17)16-6-14(15(8-24)28-16)27-9-10-3-4-11(19)5-12(10)20/h3-5,7,14-16,24H,2,6,8-9H2,1H3. The number of nitrogens with zero attached hydrogens (tertiary/aromatic N) is 2. The molecule has 1 aliphatic heterocycles. The molecule has 0 saturated carbocycles. The zero-order valence-electron chi connectivity index (χ0n) is 15.0. The molecule has 3 unspecified atom stereocenters. The lowest BCUT2D eigenvalue weighted by atomic mass is 10.1. The summed E-state index contributed by atoms with van der Waals surface area (Å²) in [7, 11) is 0. The Morgan fingerprint density at radius 3 is 2.86 bits per heavy atom. The molecule has 1 N–H and O–H groups in total. The third-order valence-corrected chi connectivity index (χ3v) is 4.53. The maximum absolute atomic E-state index is 14.1. The quantitative estimate of drug-likeness (QED) is 0.746. The third kappa shape index (κ3) is 4.49. The molecular weight excluding hydrogens is 398 g/mol. The van der Waals surface area contributed by atoms with Crippen molar-refractivity contribution in [2.45, 2.75) is 38.4 Å². The molecule has 0 radical (unpaired) electrons. The molecule has 1 fully saturated rings. The van der Waals surface area contributed by atoms with Crippen LogP contribution in [-0.2, 0) is 16.1 Å². The van der Waals surface area contributed by atoms with Gasteiger partial charge in [0.1, 0.15) is 18.1 Å². The Kier molecular flexibility index (Phi) is 6.61. The lowest BCUT2D eigenvalue weighted by Gasteiger charge is -2.17. The summed E-state index contributed by atoms with van der Waals surface area (Å²) in [6, 6.07) is 4.20. The lowest BCUT2D eigenvalue weighted by molar-refractivity contribution is -0.0662. The van der Waals surface area contributed by atoms with Crippen molar-refractivity contribution >= 4 is 11.6 Å². The number of halogens is 3. The second-order valence-electron chi connectivity index (χ2n) is 6.15. The Morgan fingerprint density at radius 1 is 1.39 bits per heavy atom. The molecule has 1 saturated heterocycles. The summed E-state index contributed by atoms with van der Waals surface area (Å²) in [6.07, 6.45) is -1.19. The normalized spacial score (nSPS) is 21.8. The van der Waals surface area contributed by atoms with Crippen molar-refractivity contribution in [2.24, 2.45) is 0 Å². The van der Waals surface area contributed by atoms with Crippen molar-refractivity contribution in [3.63, 3.8) is 0 Å². The Bertz CT molecular complexity index is 895. The first-order valence-electron chi connectivity index (χ1n) is 8.66. The topological polar surface area (TPSA) is 82.8 Å². The van der Waals surface area contributed by atoms with E-state index in [1.54, 1.807) is 6.92 Å². The highest BCUT2D eigenvalue weighted by molar-refractivity contribution is 6.30. The fourth-order valence-electron chi connectivity index (χ4n) is 2.92. The van der Waals surface area contributed by atoms with Crippen molar-refractivity contribution < 1.29 is 28.1 Å². The summed E-state index contributed by atoms with van der Waals surface area (Å²) in [4.78, 5) is 15.7. The summed E-state index contributed by atoms with van der Waals surface area (Å²) in [6.45, 7) is 1.35. The van der Waals surface area contributed by atoms with Gasteiger partial charge >= 0.3 is 5.69 Å². The van der Waals surface area contributed by atoms with Crippen LogP contribution in [0.4, 0.5) is 8.78 Å². The molecule has 0 spiro atoms. The highest BCUT2D eigenvalue weighted by atomic mass is 35.5. The number of hydrogen-bond acceptors (Lipinski definition) is 6. The van der Waals surface area contributed by atoms with Crippen LogP contribution in [0.5, 0.6) is 5.88 Å². The molecule has 1 aromatic heterocycles. The fourth-order valence-corrected chi connectivity index (χ4v) is 3.08. The van der Waals surface area contributed by atoms with E-state index in [0.717, 1.165) is 10.8 Å². The number of aliphatic hydroxyl groups is 1.